The molecule has 244 valence electrons. The molecule has 3 amide bonds. The van der Waals surface area contributed by atoms with E-state index in [4.69, 9.17) is 4.74 Å². The minimum atomic E-state index is -0.356. The van der Waals surface area contributed by atoms with E-state index in [9.17, 15) is 19.2 Å². The molecule has 3 aliphatic rings. The van der Waals surface area contributed by atoms with Crippen LogP contribution in [0.1, 0.15) is 36.0 Å². The average Bonchev–Trinajstić information content (AvgIpc) is 3.78. The maximum atomic E-state index is 12.2. The van der Waals surface area contributed by atoms with Gasteiger partial charge in [-0.3, -0.25) is 19.2 Å². The first-order chi connectivity index (χ1) is 22.5. The number of carbonyl (C=O) groups excluding carboxylic acids is 4. The maximum Gasteiger partial charge on any atom is 2.00 e. The summed E-state index contributed by atoms with van der Waals surface area (Å²) in [5.74, 6) is -0.0181. The van der Waals surface area contributed by atoms with Crippen molar-refractivity contribution >= 4 is 46.6 Å². The second-order valence-corrected chi connectivity index (χ2v) is 11.2. The van der Waals surface area contributed by atoms with Gasteiger partial charge in [-0.05, 0) is 29.5 Å². The number of hydrogen-bond acceptors (Lipinski definition) is 5. The molecule has 48 heavy (non-hydrogen) atoms. The fraction of sp³-hybridized carbons (Fsp3) is 0.263. The van der Waals surface area contributed by atoms with Crippen LogP contribution >= 0.6 is 0 Å². The third-order valence-corrected chi connectivity index (χ3v) is 8.03. The summed E-state index contributed by atoms with van der Waals surface area (Å²) < 4.78 is 5.15. The Morgan fingerprint density at radius 3 is 1.58 bits per heavy atom. The Hall–Kier alpha value is -3.83. The Kier molecular flexibility index (Phi) is 16.0. The first-order valence-electron chi connectivity index (χ1n) is 15.6. The second-order valence-electron chi connectivity index (χ2n) is 11.2. The Morgan fingerprint density at radius 1 is 0.646 bits per heavy atom. The molecule has 4 aromatic carbocycles. The number of carbonyl (C=O) groups is 4. The largest absolute Gasteiger partial charge is 2.00 e. The van der Waals surface area contributed by atoms with Crippen LogP contribution in [0.5, 0.6) is 0 Å². The molecule has 0 saturated carbocycles. The van der Waals surface area contributed by atoms with Crippen LogP contribution in [0, 0.1) is 6.07 Å². The average molecular weight is 721 g/mol. The van der Waals surface area contributed by atoms with Gasteiger partial charge in [-0.2, -0.15) is 30.3 Å². The van der Waals surface area contributed by atoms with Gasteiger partial charge in [0, 0.05) is 31.5 Å². The molecule has 10 heteroatoms. The van der Waals surface area contributed by atoms with E-state index in [2.05, 4.69) is 41.0 Å². The molecule has 0 spiro atoms. The van der Waals surface area contributed by atoms with Crippen LogP contribution in [0.15, 0.2) is 109 Å². The SMILES string of the molecule is O=C1CC[C@@H](C(=O)N2CCOCC2)N1.O=C1CC[C@@H](C(=O)c2ccc(-c3ccccc3)cc2)N1.[Br-].[Mg+2].[c-]1ccc(-c2ccccc2)cc1. The van der Waals surface area contributed by atoms with Crippen LogP contribution in [-0.4, -0.2) is 89.8 Å². The topological polar surface area (TPSA) is 105 Å². The summed E-state index contributed by atoms with van der Waals surface area (Å²) in [5, 5.41) is 5.39. The maximum absolute atomic E-state index is 12.2. The van der Waals surface area contributed by atoms with Gasteiger partial charge in [-0.1, -0.05) is 84.9 Å². The van der Waals surface area contributed by atoms with Crippen LogP contribution in [0.3, 0.4) is 0 Å². The molecule has 7 rings (SSSR count). The molecular formula is C38H38BrMgN3O5. The van der Waals surface area contributed by atoms with Crippen molar-refractivity contribution in [2.45, 2.75) is 37.8 Å². The molecule has 4 aromatic rings. The van der Waals surface area contributed by atoms with Gasteiger partial charge in [-0.25, -0.2) is 0 Å². The minimum Gasteiger partial charge on any atom is -1.00 e. The van der Waals surface area contributed by atoms with E-state index in [-0.39, 0.29) is 75.6 Å². The second kappa shape index (κ2) is 19.9. The Morgan fingerprint density at radius 2 is 1.10 bits per heavy atom. The van der Waals surface area contributed by atoms with Crippen molar-refractivity contribution in [2.75, 3.05) is 26.3 Å². The molecule has 2 atom stereocenters. The fourth-order valence-corrected chi connectivity index (χ4v) is 5.48. The minimum absolute atomic E-state index is 0. The third-order valence-electron chi connectivity index (χ3n) is 8.03. The van der Waals surface area contributed by atoms with Crippen molar-refractivity contribution in [3.05, 3.63) is 121 Å². The van der Waals surface area contributed by atoms with Gasteiger partial charge < -0.3 is 37.3 Å². The van der Waals surface area contributed by atoms with Crippen LogP contribution in [0.4, 0.5) is 0 Å². The molecule has 3 fully saturated rings. The van der Waals surface area contributed by atoms with Crippen molar-refractivity contribution in [1.29, 1.82) is 0 Å². The molecule has 0 aliphatic carbocycles. The summed E-state index contributed by atoms with van der Waals surface area (Å²) in [6.45, 7) is 2.50. The number of nitrogens with one attached hydrogen (secondary N) is 2. The fourth-order valence-electron chi connectivity index (χ4n) is 5.48. The third kappa shape index (κ3) is 11.1. The Bertz CT molecular complexity index is 1560. The first kappa shape index (κ1) is 38.6. The molecular weight excluding hydrogens is 683 g/mol. The number of ketones is 1. The summed E-state index contributed by atoms with van der Waals surface area (Å²) in [6, 6.07) is 38.3. The van der Waals surface area contributed by atoms with Crippen molar-refractivity contribution < 1.29 is 40.9 Å². The molecule has 2 N–H and O–H groups in total. The summed E-state index contributed by atoms with van der Waals surface area (Å²) in [4.78, 5) is 47.9. The number of benzene rings is 4. The molecule has 0 aromatic heterocycles. The normalized spacial score (nSPS) is 17.9. The van der Waals surface area contributed by atoms with E-state index in [0.717, 1.165) is 11.1 Å². The van der Waals surface area contributed by atoms with Crippen LogP contribution < -0.4 is 27.6 Å². The number of ether oxygens (including phenoxy) is 1. The quantitative estimate of drug-likeness (QED) is 0.186. The standard InChI is InChI=1S/C17H15NO2.C12H9.C9H14N2O3.BrH.Mg/c19-16-11-10-15(18-16)17(20)14-8-6-13(7-9-14)12-4-2-1-3-5-12;1-3-7-11(8-4-1)12-9-5-2-6-10-12;12-8-2-1-7(10-8)9(13)11-3-5-14-6-4-11;;/h1-9,15H,10-11H2,(H,18,19);1,3-10H;7H,1-6H2,(H,10,12);1H;/q;-1;;;+2/p-1/t15-;;7-;;/m0.0../s1. The number of morpholine rings is 1. The van der Waals surface area contributed by atoms with E-state index >= 15 is 0 Å². The predicted octanol–water partition coefficient (Wildman–Crippen LogP) is 1.72. The van der Waals surface area contributed by atoms with Crippen LogP contribution in [0.2, 0.25) is 0 Å². The number of rotatable bonds is 5. The molecule has 8 nitrogen and oxygen atoms in total. The van der Waals surface area contributed by atoms with Gasteiger partial charge in [0.05, 0.1) is 19.3 Å². The molecule has 0 unspecified atom stereocenters. The number of nitrogens with zero attached hydrogens (tertiary/aromatic N) is 1. The van der Waals surface area contributed by atoms with Crippen molar-refractivity contribution in [3.63, 3.8) is 0 Å². The zero-order valence-electron chi connectivity index (χ0n) is 26.8. The van der Waals surface area contributed by atoms with Gasteiger partial charge in [0.25, 0.3) is 0 Å². The monoisotopic (exact) mass is 719 g/mol. The number of hydrogen-bond donors (Lipinski definition) is 2. The summed E-state index contributed by atoms with van der Waals surface area (Å²) in [5.41, 5.74) is 5.36. The molecule has 0 radical (unpaired) electrons. The van der Waals surface area contributed by atoms with Gasteiger partial charge >= 0.3 is 23.1 Å². The predicted molar refractivity (Wildman–Crippen MR) is 182 cm³/mol. The molecule has 3 saturated heterocycles. The van der Waals surface area contributed by atoms with Crippen LogP contribution in [-0.2, 0) is 19.1 Å². The van der Waals surface area contributed by atoms with Crippen molar-refractivity contribution in [2.24, 2.45) is 0 Å². The number of halogens is 1. The van der Waals surface area contributed by atoms with E-state index in [1.165, 1.54) is 11.1 Å². The summed E-state index contributed by atoms with van der Waals surface area (Å²) in [6.07, 6.45) is 2.15. The van der Waals surface area contributed by atoms with E-state index < -0.39 is 0 Å². The van der Waals surface area contributed by atoms with E-state index in [1.54, 1.807) is 4.90 Å². The number of Topliss-reactive ketones (excluding diaryl/α,β-unsaturated/α-hetero) is 1. The van der Waals surface area contributed by atoms with Gasteiger partial charge in [0.2, 0.25) is 17.7 Å². The number of amides is 3. The molecule has 3 heterocycles. The molecule has 3 aliphatic heterocycles. The zero-order valence-corrected chi connectivity index (χ0v) is 29.8. The van der Waals surface area contributed by atoms with Gasteiger partial charge in [0.15, 0.2) is 5.78 Å². The van der Waals surface area contributed by atoms with Gasteiger partial charge in [-0.15, -0.1) is 5.56 Å². The van der Waals surface area contributed by atoms with Crippen LogP contribution in [0.25, 0.3) is 22.3 Å². The first-order valence-corrected chi connectivity index (χ1v) is 15.6. The van der Waals surface area contributed by atoms with E-state index in [0.29, 0.717) is 57.6 Å². The zero-order chi connectivity index (χ0) is 32.1. The van der Waals surface area contributed by atoms with Crippen molar-refractivity contribution in [3.8, 4) is 22.3 Å². The van der Waals surface area contributed by atoms with E-state index in [1.807, 2.05) is 84.9 Å². The Labute approximate surface area is 308 Å². The smallest absolute Gasteiger partial charge is 1.00 e. The molecule has 0 bridgehead atoms. The van der Waals surface area contributed by atoms with Crippen molar-refractivity contribution in [1.82, 2.24) is 15.5 Å². The summed E-state index contributed by atoms with van der Waals surface area (Å²) in [7, 11) is 0. The van der Waals surface area contributed by atoms with Gasteiger partial charge in [0.1, 0.15) is 6.04 Å². The Balaban J connectivity index is 0.000000199. The summed E-state index contributed by atoms with van der Waals surface area (Å²) >= 11 is 0.